The van der Waals surface area contributed by atoms with Crippen molar-refractivity contribution in [1.82, 2.24) is 9.21 Å². The maximum absolute atomic E-state index is 14.3. The second-order valence-electron chi connectivity index (χ2n) is 9.44. The van der Waals surface area contributed by atoms with Crippen LogP contribution in [0.25, 0.3) is 0 Å². The van der Waals surface area contributed by atoms with Crippen molar-refractivity contribution in [1.29, 1.82) is 0 Å². The van der Waals surface area contributed by atoms with Gasteiger partial charge in [-0.3, -0.25) is 4.90 Å². The lowest BCUT2D eigenvalue weighted by atomic mass is 9.92. The van der Waals surface area contributed by atoms with Gasteiger partial charge in [-0.25, -0.2) is 12.8 Å². The molecule has 172 valence electrons. The molecule has 3 aliphatic heterocycles. The summed E-state index contributed by atoms with van der Waals surface area (Å²) < 4.78 is 48.0. The van der Waals surface area contributed by atoms with E-state index in [1.807, 2.05) is 19.1 Å². The summed E-state index contributed by atoms with van der Waals surface area (Å²) in [6, 6.07) is 13.6. The fraction of sp³-hybridized carbons (Fsp3) is 0.500. The maximum atomic E-state index is 14.3. The quantitative estimate of drug-likeness (QED) is 0.761. The summed E-state index contributed by atoms with van der Waals surface area (Å²) in [4.78, 5) is 2.75. The first-order valence-electron chi connectivity index (χ1n) is 11.3. The average molecular weight is 460 g/mol. The molecule has 3 fully saturated rings. The Labute approximate surface area is 189 Å². The number of aryl methyl sites for hydroxylation is 1. The van der Waals surface area contributed by atoms with E-state index in [2.05, 4.69) is 4.90 Å². The normalized spacial score (nSPS) is 31.7. The molecule has 0 aromatic heterocycles. The van der Waals surface area contributed by atoms with E-state index in [1.54, 1.807) is 34.6 Å². The van der Waals surface area contributed by atoms with E-state index in [0.29, 0.717) is 42.0 Å². The molecule has 0 aliphatic carbocycles. The lowest BCUT2D eigenvalue weighted by Crippen LogP contribution is -2.49. The van der Waals surface area contributed by atoms with Crippen LogP contribution in [0.3, 0.4) is 0 Å². The minimum atomic E-state index is -3.44. The summed E-state index contributed by atoms with van der Waals surface area (Å²) >= 11 is 0. The molecule has 0 spiro atoms. The van der Waals surface area contributed by atoms with E-state index in [-0.39, 0.29) is 17.9 Å². The van der Waals surface area contributed by atoms with Gasteiger partial charge in [0.25, 0.3) is 0 Å². The molecular weight excluding hydrogens is 429 g/mol. The zero-order chi connectivity index (χ0) is 22.5. The standard InChI is InChI=1S/C24H30FN3O3S/c1-16-7-8-22(25)21(9-16)24-23(26)10-19(15-31-24)27-11-17-13-28(14-18(17)12-27)32(29,30)20-5-3-2-4-6-20/h2-9,17-19,23-24H,10-15,26H2,1H3/t17?,18?,19-,23+,24-/m1/s1. The molecule has 32 heavy (non-hydrogen) atoms. The first-order chi connectivity index (χ1) is 15.3. The van der Waals surface area contributed by atoms with Gasteiger partial charge in [-0.1, -0.05) is 35.9 Å². The first-order valence-corrected chi connectivity index (χ1v) is 12.7. The summed E-state index contributed by atoms with van der Waals surface area (Å²) in [5.74, 6) is 0.359. The third kappa shape index (κ3) is 3.99. The summed E-state index contributed by atoms with van der Waals surface area (Å²) in [5.41, 5.74) is 7.97. The highest BCUT2D eigenvalue weighted by Crippen LogP contribution is 2.38. The second-order valence-corrected chi connectivity index (χ2v) is 11.4. The number of hydrogen-bond donors (Lipinski definition) is 1. The molecule has 0 saturated carbocycles. The van der Waals surface area contributed by atoms with Crippen molar-refractivity contribution in [2.45, 2.75) is 36.4 Å². The molecule has 0 radical (unpaired) electrons. The third-order valence-corrected chi connectivity index (χ3v) is 9.08. The van der Waals surface area contributed by atoms with Crippen molar-refractivity contribution in [3.8, 4) is 0 Å². The molecule has 3 saturated heterocycles. The maximum Gasteiger partial charge on any atom is 0.243 e. The summed E-state index contributed by atoms with van der Waals surface area (Å²) in [7, 11) is -3.44. The van der Waals surface area contributed by atoms with Crippen LogP contribution in [0.4, 0.5) is 4.39 Å². The number of fused-ring (bicyclic) bond motifs is 1. The largest absolute Gasteiger partial charge is 0.370 e. The molecule has 2 N–H and O–H groups in total. The number of ether oxygens (including phenoxy) is 1. The first kappa shape index (κ1) is 22.0. The molecule has 6 nitrogen and oxygen atoms in total. The Morgan fingerprint density at radius 2 is 1.72 bits per heavy atom. The smallest absolute Gasteiger partial charge is 0.243 e. The number of benzene rings is 2. The van der Waals surface area contributed by atoms with E-state index in [9.17, 15) is 12.8 Å². The molecule has 0 amide bonds. The van der Waals surface area contributed by atoms with E-state index in [4.69, 9.17) is 10.5 Å². The minimum Gasteiger partial charge on any atom is -0.370 e. The van der Waals surface area contributed by atoms with Crippen LogP contribution in [0.5, 0.6) is 0 Å². The van der Waals surface area contributed by atoms with Crippen molar-refractivity contribution in [2.75, 3.05) is 32.8 Å². The van der Waals surface area contributed by atoms with Crippen LogP contribution < -0.4 is 5.73 Å². The van der Waals surface area contributed by atoms with E-state index < -0.39 is 16.1 Å². The van der Waals surface area contributed by atoms with Crippen LogP contribution in [0.15, 0.2) is 53.4 Å². The molecule has 3 aliphatic rings. The number of halogens is 1. The number of likely N-dealkylation sites (tertiary alicyclic amines) is 1. The number of nitrogens with two attached hydrogens (primary N) is 1. The van der Waals surface area contributed by atoms with Crippen LogP contribution in [0.2, 0.25) is 0 Å². The minimum absolute atomic E-state index is 0.180. The predicted molar refractivity (Wildman–Crippen MR) is 120 cm³/mol. The van der Waals surface area contributed by atoms with Gasteiger partial charge in [0, 0.05) is 43.8 Å². The van der Waals surface area contributed by atoms with E-state index in [1.165, 1.54) is 6.07 Å². The van der Waals surface area contributed by atoms with Crippen molar-refractivity contribution < 1.29 is 17.5 Å². The lowest BCUT2D eigenvalue weighted by Gasteiger charge is -2.39. The summed E-state index contributed by atoms with van der Waals surface area (Å²) in [6.07, 6.45) is 0.309. The zero-order valence-corrected chi connectivity index (χ0v) is 19.0. The van der Waals surface area contributed by atoms with Gasteiger partial charge < -0.3 is 10.5 Å². The van der Waals surface area contributed by atoms with Gasteiger partial charge in [0.1, 0.15) is 11.9 Å². The molecule has 2 aromatic rings. The van der Waals surface area contributed by atoms with E-state index in [0.717, 1.165) is 25.1 Å². The topological polar surface area (TPSA) is 75.9 Å². The Bertz CT molecular complexity index is 1070. The Kier molecular flexibility index (Phi) is 5.84. The van der Waals surface area contributed by atoms with Crippen LogP contribution in [0, 0.1) is 24.6 Å². The second kappa shape index (κ2) is 8.50. The Morgan fingerprint density at radius 1 is 1.03 bits per heavy atom. The monoisotopic (exact) mass is 459 g/mol. The highest BCUT2D eigenvalue weighted by molar-refractivity contribution is 7.89. The summed E-state index contributed by atoms with van der Waals surface area (Å²) in [6.45, 7) is 5.23. The van der Waals surface area contributed by atoms with Gasteiger partial charge in [-0.2, -0.15) is 4.31 Å². The van der Waals surface area contributed by atoms with Gasteiger partial charge in [-0.15, -0.1) is 0 Å². The Balaban J connectivity index is 1.21. The van der Waals surface area contributed by atoms with Gasteiger partial charge in [0.2, 0.25) is 10.0 Å². The van der Waals surface area contributed by atoms with Crippen LogP contribution in [0.1, 0.15) is 23.7 Å². The fourth-order valence-corrected chi connectivity index (χ4v) is 7.10. The van der Waals surface area contributed by atoms with Crippen molar-refractivity contribution in [3.63, 3.8) is 0 Å². The van der Waals surface area contributed by atoms with Gasteiger partial charge in [0.15, 0.2) is 0 Å². The van der Waals surface area contributed by atoms with Crippen molar-refractivity contribution in [2.24, 2.45) is 17.6 Å². The zero-order valence-electron chi connectivity index (χ0n) is 18.2. The van der Waals surface area contributed by atoms with Crippen molar-refractivity contribution >= 4 is 10.0 Å². The van der Waals surface area contributed by atoms with Crippen LogP contribution in [-0.2, 0) is 14.8 Å². The molecule has 2 unspecified atom stereocenters. The molecule has 5 atom stereocenters. The number of hydrogen-bond acceptors (Lipinski definition) is 5. The van der Waals surface area contributed by atoms with Crippen LogP contribution in [-0.4, -0.2) is 62.5 Å². The third-order valence-electron chi connectivity index (χ3n) is 7.24. The van der Waals surface area contributed by atoms with E-state index >= 15 is 0 Å². The molecular formula is C24H30FN3O3S. The highest BCUT2D eigenvalue weighted by atomic mass is 32.2. The number of rotatable bonds is 4. The van der Waals surface area contributed by atoms with Gasteiger partial charge >= 0.3 is 0 Å². The van der Waals surface area contributed by atoms with Gasteiger partial charge in [-0.05, 0) is 43.4 Å². The van der Waals surface area contributed by atoms with Gasteiger partial charge in [0.05, 0.1) is 11.5 Å². The number of sulfonamides is 1. The molecule has 5 rings (SSSR count). The Hall–Kier alpha value is -1.84. The molecule has 8 heteroatoms. The molecule has 2 aromatic carbocycles. The average Bonchev–Trinajstić information content (AvgIpc) is 3.36. The lowest BCUT2D eigenvalue weighted by molar-refractivity contribution is -0.0484. The van der Waals surface area contributed by atoms with Crippen LogP contribution >= 0.6 is 0 Å². The number of nitrogens with zero attached hydrogens (tertiary/aromatic N) is 2. The van der Waals surface area contributed by atoms with Crippen molar-refractivity contribution in [3.05, 3.63) is 65.5 Å². The predicted octanol–water partition coefficient (Wildman–Crippen LogP) is 2.54. The highest BCUT2D eigenvalue weighted by Gasteiger charge is 2.46. The molecule has 0 bridgehead atoms. The summed E-state index contributed by atoms with van der Waals surface area (Å²) in [5, 5.41) is 0. The molecule has 3 heterocycles. The SMILES string of the molecule is Cc1ccc(F)c([C@H]2OC[C@H](N3CC4CN(S(=O)(=O)c5ccccc5)CC4C3)C[C@@H]2N)c1. The Morgan fingerprint density at radius 3 is 2.38 bits per heavy atom. The fourth-order valence-electron chi connectivity index (χ4n) is 5.52.